The molecule has 0 atom stereocenters. The highest BCUT2D eigenvalue weighted by atomic mass is 16.5. The van der Waals surface area contributed by atoms with Crippen molar-refractivity contribution in [1.29, 1.82) is 0 Å². The zero-order valence-electron chi connectivity index (χ0n) is 17.5. The van der Waals surface area contributed by atoms with E-state index in [1.165, 1.54) is 0 Å². The summed E-state index contributed by atoms with van der Waals surface area (Å²) in [6.45, 7) is 3.51. The number of anilines is 1. The first-order chi connectivity index (χ1) is 14.8. The minimum Gasteiger partial charge on any atom is -0.461 e. The van der Waals surface area contributed by atoms with Gasteiger partial charge in [0.05, 0.1) is 0 Å². The molecular weight excluding hydrogens is 398 g/mol. The van der Waals surface area contributed by atoms with Crippen LogP contribution < -0.4 is 10.6 Å². The molecule has 31 heavy (non-hydrogen) atoms. The van der Waals surface area contributed by atoms with Crippen LogP contribution in [0, 0.1) is 0 Å². The molecule has 0 bridgehead atoms. The summed E-state index contributed by atoms with van der Waals surface area (Å²) in [5, 5.41) is 5.40. The lowest BCUT2D eigenvalue weighted by atomic mass is 10.1. The standard InChI is InChI=1S/C23H25N3O5/c1-23(2)21(29)26(22(30)25-23)14-6-9-19(27)31-15-16-10-12-17(13-11-16)20(28)24-18-7-4-3-5-8-18/h3-5,7-8,10-13H,6,9,14-15H2,1-2H3,(H,24,28)(H,25,30). The molecule has 8 heteroatoms. The quantitative estimate of drug-likeness (QED) is 0.501. The van der Waals surface area contributed by atoms with E-state index in [1.54, 1.807) is 50.2 Å². The van der Waals surface area contributed by atoms with Gasteiger partial charge in [-0.25, -0.2) is 4.79 Å². The Kier molecular flexibility index (Phi) is 6.69. The van der Waals surface area contributed by atoms with Gasteiger partial charge < -0.3 is 15.4 Å². The number of carbonyl (C=O) groups is 4. The van der Waals surface area contributed by atoms with Gasteiger partial charge in [0.15, 0.2) is 0 Å². The van der Waals surface area contributed by atoms with Crippen molar-refractivity contribution >= 4 is 29.5 Å². The van der Waals surface area contributed by atoms with Crippen LogP contribution in [0.4, 0.5) is 10.5 Å². The summed E-state index contributed by atoms with van der Waals surface area (Å²) in [6.07, 6.45) is 0.418. The Morgan fingerprint density at radius 2 is 1.71 bits per heavy atom. The summed E-state index contributed by atoms with van der Waals surface area (Å²) in [5.74, 6) is -0.946. The Bertz CT molecular complexity index is 970. The molecule has 1 aliphatic rings. The number of para-hydroxylation sites is 1. The molecule has 0 spiro atoms. The van der Waals surface area contributed by atoms with Crippen LogP contribution in [0.1, 0.15) is 42.6 Å². The molecule has 0 aromatic heterocycles. The summed E-state index contributed by atoms with van der Waals surface area (Å²) in [6, 6.07) is 15.5. The SMILES string of the molecule is CC1(C)NC(=O)N(CCCC(=O)OCc2ccc(C(=O)Nc3ccccc3)cc2)C1=O. The highest BCUT2D eigenvalue weighted by Crippen LogP contribution is 2.17. The Morgan fingerprint density at radius 3 is 2.32 bits per heavy atom. The number of nitrogens with one attached hydrogen (secondary N) is 2. The number of benzene rings is 2. The second-order valence-corrected chi connectivity index (χ2v) is 7.79. The van der Waals surface area contributed by atoms with Crippen molar-refractivity contribution in [3.8, 4) is 0 Å². The number of hydrogen-bond donors (Lipinski definition) is 2. The number of esters is 1. The number of imide groups is 1. The van der Waals surface area contributed by atoms with Crippen molar-refractivity contribution in [2.45, 2.75) is 38.8 Å². The van der Waals surface area contributed by atoms with Gasteiger partial charge in [-0.15, -0.1) is 0 Å². The fourth-order valence-electron chi connectivity index (χ4n) is 3.12. The van der Waals surface area contributed by atoms with E-state index < -0.39 is 17.5 Å². The maximum absolute atomic E-state index is 12.3. The fraction of sp³-hybridized carbons (Fsp3) is 0.304. The predicted octanol–water partition coefficient (Wildman–Crippen LogP) is 3.09. The van der Waals surface area contributed by atoms with Gasteiger partial charge in [0.1, 0.15) is 12.1 Å². The molecule has 2 aromatic rings. The molecule has 1 fully saturated rings. The Labute approximate surface area is 180 Å². The van der Waals surface area contributed by atoms with Gasteiger partial charge >= 0.3 is 12.0 Å². The molecule has 1 saturated heterocycles. The second kappa shape index (κ2) is 9.42. The van der Waals surface area contributed by atoms with Crippen molar-refractivity contribution in [2.75, 3.05) is 11.9 Å². The lowest BCUT2D eigenvalue weighted by molar-refractivity contribution is -0.145. The van der Waals surface area contributed by atoms with E-state index in [9.17, 15) is 19.2 Å². The fourth-order valence-corrected chi connectivity index (χ4v) is 3.12. The molecule has 0 unspecified atom stereocenters. The molecule has 3 rings (SSSR count). The third-order valence-corrected chi connectivity index (χ3v) is 4.85. The first-order valence-electron chi connectivity index (χ1n) is 10.0. The van der Waals surface area contributed by atoms with Gasteiger partial charge in [-0.1, -0.05) is 30.3 Å². The monoisotopic (exact) mass is 423 g/mol. The molecule has 1 aliphatic heterocycles. The van der Waals surface area contributed by atoms with Crippen LogP contribution in [0.5, 0.6) is 0 Å². The second-order valence-electron chi connectivity index (χ2n) is 7.79. The first kappa shape index (κ1) is 22.0. The maximum atomic E-state index is 12.3. The van der Waals surface area contributed by atoms with Crippen LogP contribution in [-0.4, -0.2) is 40.8 Å². The molecule has 8 nitrogen and oxygen atoms in total. The number of urea groups is 1. The van der Waals surface area contributed by atoms with Crippen molar-refractivity contribution in [3.05, 3.63) is 65.7 Å². The number of rotatable bonds is 8. The summed E-state index contributed by atoms with van der Waals surface area (Å²) in [7, 11) is 0. The van der Waals surface area contributed by atoms with Crippen molar-refractivity contribution in [3.63, 3.8) is 0 Å². The smallest absolute Gasteiger partial charge is 0.325 e. The van der Waals surface area contributed by atoms with Crippen LogP contribution in [0.3, 0.4) is 0 Å². The average molecular weight is 423 g/mol. The Hall–Kier alpha value is -3.68. The molecule has 0 saturated carbocycles. The predicted molar refractivity (Wildman–Crippen MR) is 114 cm³/mol. The average Bonchev–Trinajstić information content (AvgIpc) is 2.94. The van der Waals surface area contributed by atoms with Crippen LogP contribution in [0.2, 0.25) is 0 Å². The van der Waals surface area contributed by atoms with E-state index in [2.05, 4.69) is 10.6 Å². The van der Waals surface area contributed by atoms with Crippen LogP contribution in [0.15, 0.2) is 54.6 Å². The molecule has 4 amide bonds. The summed E-state index contributed by atoms with van der Waals surface area (Å²) in [4.78, 5) is 49.3. The molecule has 162 valence electrons. The summed E-state index contributed by atoms with van der Waals surface area (Å²) in [5.41, 5.74) is 1.04. The Balaban J connectivity index is 1.41. The number of amides is 4. The molecule has 2 N–H and O–H groups in total. The lowest BCUT2D eigenvalue weighted by Gasteiger charge is -2.15. The van der Waals surface area contributed by atoms with Crippen molar-refractivity contribution in [1.82, 2.24) is 10.2 Å². The molecule has 1 heterocycles. The van der Waals surface area contributed by atoms with Crippen molar-refractivity contribution in [2.24, 2.45) is 0 Å². The van der Waals surface area contributed by atoms with E-state index >= 15 is 0 Å². The van der Waals surface area contributed by atoms with Gasteiger partial charge in [-0.3, -0.25) is 19.3 Å². The highest BCUT2D eigenvalue weighted by molar-refractivity contribution is 6.06. The largest absolute Gasteiger partial charge is 0.461 e. The number of ether oxygens (including phenoxy) is 1. The van der Waals surface area contributed by atoms with Crippen LogP contribution >= 0.6 is 0 Å². The van der Waals surface area contributed by atoms with E-state index in [0.717, 1.165) is 10.5 Å². The molecular formula is C23H25N3O5. The third kappa shape index (κ3) is 5.69. The van der Waals surface area contributed by atoms with Crippen molar-refractivity contribution < 1.29 is 23.9 Å². The Morgan fingerprint density at radius 1 is 1.03 bits per heavy atom. The first-order valence-corrected chi connectivity index (χ1v) is 10.0. The third-order valence-electron chi connectivity index (χ3n) is 4.85. The van der Waals surface area contributed by atoms with Crippen LogP contribution in [0.25, 0.3) is 0 Å². The van der Waals surface area contributed by atoms with Gasteiger partial charge in [0.25, 0.3) is 11.8 Å². The van der Waals surface area contributed by atoms with E-state index in [0.29, 0.717) is 17.7 Å². The maximum Gasteiger partial charge on any atom is 0.325 e. The van der Waals surface area contributed by atoms with Gasteiger partial charge in [0.2, 0.25) is 0 Å². The number of nitrogens with zero attached hydrogens (tertiary/aromatic N) is 1. The van der Waals surface area contributed by atoms with Gasteiger partial charge in [0, 0.05) is 24.2 Å². The molecule has 2 aromatic carbocycles. The zero-order chi connectivity index (χ0) is 22.4. The topological polar surface area (TPSA) is 105 Å². The normalized spacial score (nSPS) is 14.8. The van der Waals surface area contributed by atoms with Crippen LogP contribution in [-0.2, 0) is 20.9 Å². The number of carbonyl (C=O) groups excluding carboxylic acids is 4. The molecule has 0 aliphatic carbocycles. The zero-order valence-corrected chi connectivity index (χ0v) is 17.5. The van der Waals surface area contributed by atoms with E-state index in [4.69, 9.17) is 4.74 Å². The summed E-state index contributed by atoms with van der Waals surface area (Å²) >= 11 is 0. The highest BCUT2D eigenvalue weighted by Gasteiger charge is 2.43. The van der Waals surface area contributed by atoms with Gasteiger partial charge in [-0.2, -0.15) is 0 Å². The van der Waals surface area contributed by atoms with E-state index in [1.807, 2.05) is 18.2 Å². The minimum atomic E-state index is -0.915. The summed E-state index contributed by atoms with van der Waals surface area (Å²) < 4.78 is 5.24. The molecule has 0 radical (unpaired) electrons. The number of hydrogen-bond acceptors (Lipinski definition) is 5. The lowest BCUT2D eigenvalue weighted by Crippen LogP contribution is -2.40. The minimum absolute atomic E-state index is 0.0789. The van der Waals surface area contributed by atoms with Gasteiger partial charge in [-0.05, 0) is 50.1 Å². The van der Waals surface area contributed by atoms with E-state index in [-0.39, 0.29) is 31.4 Å².